The van der Waals surface area contributed by atoms with E-state index in [1.54, 1.807) is 24.3 Å². The SMILES string of the molecule is CC(C)C(CCl)NC(=O)c1ccccc1Cl. The molecule has 1 unspecified atom stereocenters. The molecule has 0 saturated heterocycles. The molecular formula is C12H15Cl2NO. The van der Waals surface area contributed by atoms with Gasteiger partial charge in [0.05, 0.1) is 10.6 Å². The van der Waals surface area contributed by atoms with E-state index in [2.05, 4.69) is 5.32 Å². The van der Waals surface area contributed by atoms with Crippen molar-refractivity contribution in [2.45, 2.75) is 19.9 Å². The van der Waals surface area contributed by atoms with Crippen molar-refractivity contribution in [3.8, 4) is 0 Å². The molecule has 1 atom stereocenters. The quantitative estimate of drug-likeness (QED) is 0.826. The van der Waals surface area contributed by atoms with Gasteiger partial charge in [0.1, 0.15) is 0 Å². The highest BCUT2D eigenvalue weighted by atomic mass is 35.5. The Labute approximate surface area is 106 Å². The molecule has 88 valence electrons. The van der Waals surface area contributed by atoms with Gasteiger partial charge in [-0.2, -0.15) is 0 Å². The number of carbonyl (C=O) groups excluding carboxylic acids is 1. The molecule has 1 aromatic rings. The zero-order chi connectivity index (χ0) is 12.1. The Kier molecular flexibility index (Phi) is 5.10. The lowest BCUT2D eigenvalue weighted by atomic mass is 10.1. The molecule has 0 aromatic heterocycles. The number of hydrogen-bond acceptors (Lipinski definition) is 1. The smallest absolute Gasteiger partial charge is 0.253 e. The summed E-state index contributed by atoms with van der Waals surface area (Å²) in [4.78, 5) is 11.9. The van der Waals surface area contributed by atoms with Crippen LogP contribution in [0.2, 0.25) is 5.02 Å². The molecule has 0 spiro atoms. The van der Waals surface area contributed by atoms with Crippen LogP contribution in [0.5, 0.6) is 0 Å². The highest BCUT2D eigenvalue weighted by Crippen LogP contribution is 2.15. The normalized spacial score (nSPS) is 12.6. The molecule has 4 heteroatoms. The number of nitrogens with one attached hydrogen (secondary N) is 1. The summed E-state index contributed by atoms with van der Waals surface area (Å²) < 4.78 is 0. The number of rotatable bonds is 4. The van der Waals surface area contributed by atoms with Crippen LogP contribution in [0.4, 0.5) is 0 Å². The van der Waals surface area contributed by atoms with Gasteiger partial charge in [-0.05, 0) is 18.1 Å². The van der Waals surface area contributed by atoms with E-state index in [1.165, 1.54) is 0 Å². The summed E-state index contributed by atoms with van der Waals surface area (Å²) in [7, 11) is 0. The summed E-state index contributed by atoms with van der Waals surface area (Å²) in [5.41, 5.74) is 0.486. The Morgan fingerprint density at radius 1 is 1.38 bits per heavy atom. The number of benzene rings is 1. The van der Waals surface area contributed by atoms with Crippen LogP contribution in [0.25, 0.3) is 0 Å². The Balaban J connectivity index is 2.76. The zero-order valence-electron chi connectivity index (χ0n) is 9.34. The minimum absolute atomic E-state index is 0.0366. The first-order valence-electron chi connectivity index (χ1n) is 5.17. The molecule has 0 heterocycles. The highest BCUT2D eigenvalue weighted by Gasteiger charge is 2.17. The first kappa shape index (κ1) is 13.3. The molecule has 16 heavy (non-hydrogen) atoms. The van der Waals surface area contributed by atoms with Gasteiger partial charge < -0.3 is 5.32 Å². The van der Waals surface area contributed by atoms with Crippen LogP contribution in [-0.2, 0) is 0 Å². The Morgan fingerprint density at radius 3 is 2.50 bits per heavy atom. The fourth-order valence-corrected chi connectivity index (χ4v) is 1.93. The predicted molar refractivity (Wildman–Crippen MR) is 68.3 cm³/mol. The summed E-state index contributed by atoms with van der Waals surface area (Å²) in [6.07, 6.45) is 0. The van der Waals surface area contributed by atoms with Gasteiger partial charge in [0.2, 0.25) is 0 Å². The monoisotopic (exact) mass is 259 g/mol. The van der Waals surface area contributed by atoms with Crippen LogP contribution in [0.15, 0.2) is 24.3 Å². The summed E-state index contributed by atoms with van der Waals surface area (Å²) in [6.45, 7) is 4.03. The molecule has 0 bridgehead atoms. The van der Waals surface area contributed by atoms with Crippen molar-refractivity contribution in [1.29, 1.82) is 0 Å². The molecule has 2 nitrogen and oxygen atoms in total. The number of alkyl halides is 1. The number of amides is 1. The third-order valence-corrected chi connectivity index (χ3v) is 3.07. The van der Waals surface area contributed by atoms with Crippen molar-refractivity contribution in [2.24, 2.45) is 5.92 Å². The summed E-state index contributed by atoms with van der Waals surface area (Å²) in [5.74, 6) is 0.516. The lowest BCUT2D eigenvalue weighted by molar-refractivity contribution is 0.0931. The number of hydrogen-bond donors (Lipinski definition) is 1. The average molecular weight is 260 g/mol. The number of carbonyl (C=O) groups is 1. The zero-order valence-corrected chi connectivity index (χ0v) is 10.8. The van der Waals surface area contributed by atoms with Crippen molar-refractivity contribution in [3.63, 3.8) is 0 Å². The largest absolute Gasteiger partial charge is 0.348 e. The average Bonchev–Trinajstić information content (AvgIpc) is 2.25. The molecule has 0 fully saturated rings. The topological polar surface area (TPSA) is 29.1 Å². The fourth-order valence-electron chi connectivity index (χ4n) is 1.27. The highest BCUT2D eigenvalue weighted by molar-refractivity contribution is 6.33. The summed E-state index contributed by atoms with van der Waals surface area (Å²) in [5, 5.41) is 3.32. The van der Waals surface area contributed by atoms with Gasteiger partial charge in [0.15, 0.2) is 0 Å². The second-order valence-electron chi connectivity index (χ2n) is 3.96. The molecule has 1 rings (SSSR count). The van der Waals surface area contributed by atoms with Crippen LogP contribution in [0.1, 0.15) is 24.2 Å². The van der Waals surface area contributed by atoms with Crippen LogP contribution < -0.4 is 5.32 Å². The molecule has 0 aliphatic carbocycles. The van der Waals surface area contributed by atoms with Gasteiger partial charge in [-0.3, -0.25) is 4.79 Å². The molecule has 1 aromatic carbocycles. The maximum absolute atomic E-state index is 11.9. The molecular weight excluding hydrogens is 245 g/mol. The molecule has 1 N–H and O–H groups in total. The van der Waals surface area contributed by atoms with Crippen molar-refractivity contribution in [3.05, 3.63) is 34.9 Å². The van der Waals surface area contributed by atoms with E-state index in [1.807, 2.05) is 13.8 Å². The van der Waals surface area contributed by atoms with Crippen LogP contribution in [0.3, 0.4) is 0 Å². The second-order valence-corrected chi connectivity index (χ2v) is 4.67. The maximum atomic E-state index is 11.9. The number of halogens is 2. The van der Waals surface area contributed by atoms with Gasteiger partial charge in [0, 0.05) is 11.9 Å². The van der Waals surface area contributed by atoms with Crippen molar-refractivity contribution in [2.75, 3.05) is 5.88 Å². The molecule has 0 aliphatic heterocycles. The van der Waals surface area contributed by atoms with Crippen molar-refractivity contribution < 1.29 is 4.79 Å². The van der Waals surface area contributed by atoms with E-state index < -0.39 is 0 Å². The van der Waals surface area contributed by atoms with E-state index in [-0.39, 0.29) is 11.9 Å². The van der Waals surface area contributed by atoms with Gasteiger partial charge in [-0.25, -0.2) is 0 Å². The predicted octanol–water partition coefficient (Wildman–Crippen LogP) is 3.33. The van der Waals surface area contributed by atoms with Gasteiger partial charge in [-0.1, -0.05) is 37.6 Å². The standard InChI is InChI=1S/C12H15Cl2NO/c1-8(2)11(7-13)15-12(16)9-5-3-4-6-10(9)14/h3-6,8,11H,7H2,1-2H3,(H,15,16). The molecule has 0 radical (unpaired) electrons. The van der Waals surface area contributed by atoms with Crippen LogP contribution >= 0.6 is 23.2 Å². The van der Waals surface area contributed by atoms with Crippen LogP contribution in [0, 0.1) is 5.92 Å². The van der Waals surface area contributed by atoms with E-state index in [0.29, 0.717) is 22.4 Å². The molecule has 0 saturated carbocycles. The lowest BCUT2D eigenvalue weighted by Crippen LogP contribution is -2.39. The lowest BCUT2D eigenvalue weighted by Gasteiger charge is -2.19. The van der Waals surface area contributed by atoms with Crippen molar-refractivity contribution in [1.82, 2.24) is 5.32 Å². The van der Waals surface area contributed by atoms with E-state index in [4.69, 9.17) is 23.2 Å². The first-order chi connectivity index (χ1) is 7.56. The van der Waals surface area contributed by atoms with Gasteiger partial charge in [0.25, 0.3) is 5.91 Å². The Bertz CT molecular complexity index is 366. The Hall–Kier alpha value is -0.730. The third-order valence-electron chi connectivity index (χ3n) is 2.41. The summed E-state index contributed by atoms with van der Waals surface area (Å²) >= 11 is 11.7. The van der Waals surface area contributed by atoms with E-state index in [0.717, 1.165) is 0 Å². The maximum Gasteiger partial charge on any atom is 0.253 e. The van der Waals surface area contributed by atoms with E-state index in [9.17, 15) is 4.79 Å². The molecule has 1 amide bonds. The second kappa shape index (κ2) is 6.12. The minimum atomic E-state index is -0.176. The summed E-state index contributed by atoms with van der Waals surface area (Å²) in [6, 6.07) is 6.93. The fraction of sp³-hybridized carbons (Fsp3) is 0.417. The third kappa shape index (κ3) is 3.39. The molecule has 0 aliphatic rings. The first-order valence-corrected chi connectivity index (χ1v) is 6.09. The van der Waals surface area contributed by atoms with Crippen molar-refractivity contribution >= 4 is 29.1 Å². The van der Waals surface area contributed by atoms with Gasteiger partial charge in [-0.15, -0.1) is 11.6 Å². The van der Waals surface area contributed by atoms with Crippen LogP contribution in [-0.4, -0.2) is 17.8 Å². The minimum Gasteiger partial charge on any atom is -0.348 e. The van der Waals surface area contributed by atoms with Gasteiger partial charge >= 0.3 is 0 Å². The Morgan fingerprint density at radius 2 is 2.00 bits per heavy atom. The van der Waals surface area contributed by atoms with E-state index >= 15 is 0 Å².